The van der Waals surface area contributed by atoms with Crippen LogP contribution in [0.2, 0.25) is 0 Å². The number of aromatic amines is 1. The van der Waals surface area contributed by atoms with Crippen molar-refractivity contribution in [2.75, 3.05) is 11.4 Å². The highest BCUT2D eigenvalue weighted by atomic mass is 15.3. The lowest BCUT2D eigenvalue weighted by molar-refractivity contribution is 0.542. The summed E-state index contributed by atoms with van der Waals surface area (Å²) in [6.07, 6.45) is 4.41. The number of H-pyrrole nitrogens is 1. The summed E-state index contributed by atoms with van der Waals surface area (Å²) in [5, 5.41) is 9.59. The van der Waals surface area contributed by atoms with Crippen molar-refractivity contribution >= 4 is 16.9 Å². The van der Waals surface area contributed by atoms with E-state index in [4.69, 9.17) is 0 Å². The van der Waals surface area contributed by atoms with Crippen LogP contribution in [-0.4, -0.2) is 36.3 Å². The standard InChI is InChI=1S/C13H15N7/c1-2-10-17-18-11-7-19(5-6-20(10)11)13-9-3-4-14-12(9)15-8-16-13/h3-4,8H,2,5-7H2,1H3,(H,14,15,16). The number of aryl methyl sites for hydroxylation is 1. The predicted molar refractivity (Wildman–Crippen MR) is 74.3 cm³/mol. The zero-order valence-corrected chi connectivity index (χ0v) is 11.2. The SMILES string of the molecule is CCc1nnc2n1CCN(c1ncnc3[nH]ccc13)C2. The van der Waals surface area contributed by atoms with Crippen molar-refractivity contribution in [3.63, 3.8) is 0 Å². The zero-order valence-electron chi connectivity index (χ0n) is 11.2. The third kappa shape index (κ3) is 1.59. The number of nitrogens with one attached hydrogen (secondary N) is 1. The molecule has 1 N–H and O–H groups in total. The van der Waals surface area contributed by atoms with Crippen molar-refractivity contribution in [1.82, 2.24) is 29.7 Å². The first-order chi connectivity index (χ1) is 9.86. The number of nitrogens with zero attached hydrogens (tertiary/aromatic N) is 6. The quantitative estimate of drug-likeness (QED) is 0.755. The molecule has 0 amide bonds. The summed E-state index contributed by atoms with van der Waals surface area (Å²) in [5.41, 5.74) is 0.872. The van der Waals surface area contributed by atoms with Gasteiger partial charge in [0.1, 0.15) is 23.6 Å². The van der Waals surface area contributed by atoms with Crippen LogP contribution in [0.25, 0.3) is 11.0 Å². The van der Waals surface area contributed by atoms with Gasteiger partial charge in [-0.25, -0.2) is 9.97 Å². The van der Waals surface area contributed by atoms with Crippen molar-refractivity contribution in [3.8, 4) is 0 Å². The molecule has 0 aliphatic carbocycles. The third-order valence-corrected chi connectivity index (χ3v) is 3.78. The molecule has 1 aliphatic heterocycles. The molecule has 7 nitrogen and oxygen atoms in total. The molecular formula is C13H15N7. The average Bonchev–Trinajstić information content (AvgIpc) is 3.12. The van der Waals surface area contributed by atoms with E-state index in [-0.39, 0.29) is 0 Å². The van der Waals surface area contributed by atoms with Crippen LogP contribution < -0.4 is 4.90 Å². The maximum absolute atomic E-state index is 4.44. The first kappa shape index (κ1) is 11.4. The van der Waals surface area contributed by atoms with E-state index in [1.54, 1.807) is 6.33 Å². The van der Waals surface area contributed by atoms with Gasteiger partial charge in [0.2, 0.25) is 0 Å². The molecule has 0 fully saturated rings. The Kier molecular flexibility index (Phi) is 2.45. The fourth-order valence-electron chi connectivity index (χ4n) is 2.77. The van der Waals surface area contributed by atoms with Gasteiger partial charge in [-0.15, -0.1) is 10.2 Å². The lowest BCUT2D eigenvalue weighted by atomic mass is 10.3. The molecular weight excluding hydrogens is 254 g/mol. The largest absolute Gasteiger partial charge is 0.347 e. The van der Waals surface area contributed by atoms with E-state index < -0.39 is 0 Å². The first-order valence-electron chi connectivity index (χ1n) is 6.81. The summed E-state index contributed by atoms with van der Waals surface area (Å²) < 4.78 is 2.21. The minimum atomic E-state index is 0.740. The molecule has 4 heterocycles. The Labute approximate surface area is 115 Å². The van der Waals surface area contributed by atoms with Crippen molar-refractivity contribution < 1.29 is 0 Å². The smallest absolute Gasteiger partial charge is 0.152 e. The van der Waals surface area contributed by atoms with E-state index in [1.165, 1.54) is 0 Å². The number of aromatic nitrogens is 6. The molecule has 0 bridgehead atoms. The highest BCUT2D eigenvalue weighted by molar-refractivity contribution is 5.87. The van der Waals surface area contributed by atoms with Crippen LogP contribution in [-0.2, 0) is 19.5 Å². The van der Waals surface area contributed by atoms with E-state index in [0.29, 0.717) is 0 Å². The zero-order chi connectivity index (χ0) is 13.5. The maximum Gasteiger partial charge on any atom is 0.152 e. The second-order valence-electron chi connectivity index (χ2n) is 4.90. The second kappa shape index (κ2) is 4.29. The Morgan fingerprint density at radius 2 is 2.20 bits per heavy atom. The highest BCUT2D eigenvalue weighted by Crippen LogP contribution is 2.25. The van der Waals surface area contributed by atoms with Crippen LogP contribution >= 0.6 is 0 Å². The van der Waals surface area contributed by atoms with Gasteiger partial charge in [-0.3, -0.25) is 0 Å². The van der Waals surface area contributed by atoms with E-state index in [9.17, 15) is 0 Å². The minimum absolute atomic E-state index is 0.740. The number of hydrogen-bond acceptors (Lipinski definition) is 5. The van der Waals surface area contributed by atoms with Gasteiger partial charge in [0.05, 0.1) is 11.9 Å². The predicted octanol–water partition coefficient (Wildman–Crippen LogP) is 1.13. The number of hydrogen-bond donors (Lipinski definition) is 1. The lowest BCUT2D eigenvalue weighted by Crippen LogP contribution is -2.35. The van der Waals surface area contributed by atoms with E-state index in [2.05, 4.69) is 41.5 Å². The number of rotatable bonds is 2. The molecule has 0 aromatic carbocycles. The lowest BCUT2D eigenvalue weighted by Gasteiger charge is -2.28. The van der Waals surface area contributed by atoms with Gasteiger partial charge in [-0.2, -0.15) is 0 Å². The van der Waals surface area contributed by atoms with Crippen LogP contribution in [0.15, 0.2) is 18.6 Å². The van der Waals surface area contributed by atoms with Crippen LogP contribution in [0, 0.1) is 0 Å². The van der Waals surface area contributed by atoms with Gasteiger partial charge in [0.25, 0.3) is 0 Å². The topological polar surface area (TPSA) is 75.5 Å². The molecule has 0 atom stereocenters. The van der Waals surface area contributed by atoms with Crippen molar-refractivity contribution in [2.24, 2.45) is 0 Å². The molecule has 3 aromatic heterocycles. The van der Waals surface area contributed by atoms with Gasteiger partial charge in [0.15, 0.2) is 5.82 Å². The molecule has 0 saturated carbocycles. The summed E-state index contributed by atoms with van der Waals surface area (Å²) in [5.74, 6) is 3.04. The number of anilines is 1. The summed E-state index contributed by atoms with van der Waals surface area (Å²) in [4.78, 5) is 14.0. The fourth-order valence-corrected chi connectivity index (χ4v) is 2.77. The highest BCUT2D eigenvalue weighted by Gasteiger charge is 2.22. The maximum atomic E-state index is 4.44. The molecule has 4 rings (SSSR count). The Bertz CT molecular complexity index is 757. The van der Waals surface area contributed by atoms with Crippen molar-refractivity contribution in [3.05, 3.63) is 30.2 Å². The van der Waals surface area contributed by atoms with Crippen molar-refractivity contribution in [1.29, 1.82) is 0 Å². The van der Waals surface area contributed by atoms with Crippen LogP contribution in [0.4, 0.5) is 5.82 Å². The normalized spacial score (nSPS) is 14.8. The van der Waals surface area contributed by atoms with Crippen molar-refractivity contribution in [2.45, 2.75) is 26.4 Å². The molecule has 102 valence electrons. The molecule has 0 radical (unpaired) electrons. The molecule has 0 saturated heterocycles. The summed E-state index contributed by atoms with van der Waals surface area (Å²) in [6, 6.07) is 2.02. The second-order valence-corrected chi connectivity index (χ2v) is 4.90. The molecule has 0 spiro atoms. The fraction of sp³-hybridized carbons (Fsp3) is 0.385. The van der Waals surface area contributed by atoms with Gasteiger partial charge >= 0.3 is 0 Å². The molecule has 0 unspecified atom stereocenters. The van der Waals surface area contributed by atoms with E-state index in [1.807, 2.05) is 12.3 Å². The molecule has 1 aliphatic rings. The third-order valence-electron chi connectivity index (χ3n) is 3.78. The Balaban J connectivity index is 1.73. The Morgan fingerprint density at radius 1 is 1.25 bits per heavy atom. The molecule has 3 aromatic rings. The van der Waals surface area contributed by atoms with Crippen LogP contribution in [0.3, 0.4) is 0 Å². The van der Waals surface area contributed by atoms with Crippen LogP contribution in [0.1, 0.15) is 18.6 Å². The van der Waals surface area contributed by atoms with Gasteiger partial charge in [0, 0.05) is 25.7 Å². The van der Waals surface area contributed by atoms with Gasteiger partial charge in [-0.05, 0) is 6.07 Å². The van der Waals surface area contributed by atoms with Gasteiger partial charge in [-0.1, -0.05) is 6.92 Å². The molecule has 20 heavy (non-hydrogen) atoms. The Hall–Kier alpha value is -2.44. The Morgan fingerprint density at radius 3 is 3.10 bits per heavy atom. The summed E-state index contributed by atoms with van der Waals surface area (Å²) in [6.45, 7) is 4.67. The van der Waals surface area contributed by atoms with Gasteiger partial charge < -0.3 is 14.5 Å². The average molecular weight is 269 g/mol. The minimum Gasteiger partial charge on any atom is -0.347 e. The summed E-state index contributed by atoms with van der Waals surface area (Å²) >= 11 is 0. The number of fused-ring (bicyclic) bond motifs is 2. The first-order valence-corrected chi connectivity index (χ1v) is 6.81. The van der Waals surface area contributed by atoms with E-state index >= 15 is 0 Å². The van der Waals surface area contributed by atoms with Crippen LogP contribution in [0.5, 0.6) is 0 Å². The molecule has 7 heteroatoms. The monoisotopic (exact) mass is 269 g/mol. The summed E-state index contributed by atoms with van der Waals surface area (Å²) in [7, 11) is 0. The van der Waals surface area contributed by atoms with E-state index in [0.717, 1.165) is 54.6 Å².